The number of anilines is 1. The zero-order chi connectivity index (χ0) is 26.3. The summed E-state index contributed by atoms with van der Waals surface area (Å²) in [5.41, 5.74) is 0.358. The molecule has 3 aliphatic heterocycles. The van der Waals surface area contributed by atoms with E-state index >= 15 is 0 Å². The van der Waals surface area contributed by atoms with Crippen molar-refractivity contribution in [1.29, 1.82) is 0 Å². The van der Waals surface area contributed by atoms with Crippen molar-refractivity contribution >= 4 is 23.4 Å². The molecule has 2 aromatic carbocycles. The average Bonchev–Trinajstić information content (AvgIpc) is 3.47. The van der Waals surface area contributed by atoms with Gasteiger partial charge in [-0.1, -0.05) is 18.2 Å². The van der Waals surface area contributed by atoms with Crippen molar-refractivity contribution in [2.75, 3.05) is 31.1 Å². The zero-order valence-electron chi connectivity index (χ0n) is 20.2. The molecule has 0 spiro atoms. The summed E-state index contributed by atoms with van der Waals surface area (Å²) >= 11 is 0. The second-order valence-electron chi connectivity index (χ2n) is 9.89. The number of amides is 3. The van der Waals surface area contributed by atoms with Gasteiger partial charge in [-0.3, -0.25) is 19.3 Å². The number of imide groups is 1. The molecule has 0 radical (unpaired) electrons. The predicted octanol–water partition coefficient (Wildman–Crippen LogP) is 3.70. The van der Waals surface area contributed by atoms with Gasteiger partial charge in [0, 0.05) is 19.6 Å². The number of aliphatic hydroxyl groups is 1. The van der Waals surface area contributed by atoms with Gasteiger partial charge in [0.15, 0.2) is 0 Å². The largest absolute Gasteiger partial charge is 0.416 e. The number of hydrogen-bond acceptors (Lipinski definition) is 5. The van der Waals surface area contributed by atoms with Crippen LogP contribution >= 0.6 is 0 Å². The van der Waals surface area contributed by atoms with E-state index in [4.69, 9.17) is 0 Å². The Labute approximate surface area is 212 Å². The van der Waals surface area contributed by atoms with Crippen LogP contribution in [0.5, 0.6) is 0 Å². The van der Waals surface area contributed by atoms with Crippen LogP contribution in [0.3, 0.4) is 0 Å². The van der Waals surface area contributed by atoms with E-state index in [-0.39, 0.29) is 47.7 Å². The SMILES string of the molecule is O=C1c2cccc(N3CCC[C@@H](C(=O)N4CCC[C@H]4CO)C3)c2C(=O)N1Cc1cccc(C(F)(F)F)c1. The molecular formula is C27H28F3N3O4. The van der Waals surface area contributed by atoms with E-state index < -0.39 is 23.6 Å². The van der Waals surface area contributed by atoms with E-state index in [1.54, 1.807) is 23.1 Å². The van der Waals surface area contributed by atoms with Gasteiger partial charge in [-0.15, -0.1) is 0 Å². The third-order valence-corrected chi connectivity index (χ3v) is 7.55. The highest BCUT2D eigenvalue weighted by atomic mass is 19.4. The van der Waals surface area contributed by atoms with E-state index in [1.165, 1.54) is 12.1 Å². The average molecular weight is 516 g/mol. The molecule has 37 heavy (non-hydrogen) atoms. The van der Waals surface area contributed by atoms with Crippen molar-refractivity contribution in [2.45, 2.75) is 44.4 Å². The summed E-state index contributed by atoms with van der Waals surface area (Å²) in [4.78, 5) is 44.5. The molecule has 2 aromatic rings. The molecule has 2 saturated heterocycles. The van der Waals surface area contributed by atoms with Gasteiger partial charge in [0.05, 0.1) is 47.5 Å². The van der Waals surface area contributed by atoms with Crippen molar-refractivity contribution in [3.8, 4) is 0 Å². The lowest BCUT2D eigenvalue weighted by Gasteiger charge is -2.37. The number of carbonyl (C=O) groups excluding carboxylic acids is 3. The molecule has 0 bridgehead atoms. The second kappa shape index (κ2) is 9.81. The number of fused-ring (bicyclic) bond motifs is 1. The van der Waals surface area contributed by atoms with Crippen LogP contribution in [0.15, 0.2) is 42.5 Å². The Morgan fingerprint density at radius 2 is 1.76 bits per heavy atom. The fourth-order valence-corrected chi connectivity index (χ4v) is 5.70. The van der Waals surface area contributed by atoms with E-state index in [2.05, 4.69) is 0 Å². The first-order chi connectivity index (χ1) is 17.7. The molecule has 3 heterocycles. The van der Waals surface area contributed by atoms with E-state index in [0.717, 1.165) is 36.3 Å². The number of aliphatic hydroxyl groups excluding tert-OH is 1. The highest BCUT2D eigenvalue weighted by Crippen LogP contribution is 2.36. The lowest BCUT2D eigenvalue weighted by molar-refractivity contribution is -0.138. The highest BCUT2D eigenvalue weighted by Gasteiger charge is 2.41. The fraction of sp³-hybridized carbons (Fsp3) is 0.444. The molecular weight excluding hydrogens is 487 g/mol. The lowest BCUT2D eigenvalue weighted by atomic mass is 9.94. The normalized spacial score (nSPS) is 22.1. The third kappa shape index (κ3) is 4.70. The fourth-order valence-electron chi connectivity index (χ4n) is 5.70. The Morgan fingerprint density at radius 1 is 1.00 bits per heavy atom. The summed E-state index contributed by atoms with van der Waals surface area (Å²) in [5.74, 6) is -1.39. The molecule has 3 amide bonds. The van der Waals surface area contributed by atoms with Crippen molar-refractivity contribution in [3.63, 3.8) is 0 Å². The topological polar surface area (TPSA) is 81.2 Å². The quantitative estimate of drug-likeness (QED) is 0.615. The van der Waals surface area contributed by atoms with Crippen LogP contribution in [0, 0.1) is 5.92 Å². The van der Waals surface area contributed by atoms with Gasteiger partial charge in [0.25, 0.3) is 11.8 Å². The predicted molar refractivity (Wildman–Crippen MR) is 129 cm³/mol. The van der Waals surface area contributed by atoms with Crippen LogP contribution in [-0.2, 0) is 17.5 Å². The second-order valence-corrected chi connectivity index (χ2v) is 9.89. The van der Waals surface area contributed by atoms with E-state index in [0.29, 0.717) is 31.7 Å². The monoisotopic (exact) mass is 515 g/mol. The maximum atomic E-state index is 13.4. The minimum absolute atomic E-state index is 0.00222. The standard InChI is InChI=1S/C27H28F3N3O4/c28-27(29,30)19-7-1-5-17(13-19)14-33-25(36)21-9-2-10-22(23(21)26(33)37)31-11-3-6-18(15-31)24(35)32-12-4-8-20(32)16-34/h1-2,5,7,9-10,13,18,20,34H,3-4,6,8,11-12,14-16H2/t18-,20+/m1/s1. The van der Waals surface area contributed by atoms with Crippen molar-refractivity contribution in [2.24, 2.45) is 5.92 Å². The van der Waals surface area contributed by atoms with Crippen LogP contribution < -0.4 is 4.90 Å². The Bertz CT molecular complexity index is 1230. The maximum absolute atomic E-state index is 13.4. The zero-order valence-corrected chi connectivity index (χ0v) is 20.2. The molecule has 0 aliphatic carbocycles. The number of rotatable bonds is 5. The molecule has 7 nitrogen and oxygen atoms in total. The number of halogens is 3. The molecule has 1 N–H and O–H groups in total. The van der Waals surface area contributed by atoms with Crippen LogP contribution in [-0.4, -0.2) is 64.9 Å². The first-order valence-corrected chi connectivity index (χ1v) is 12.5. The van der Waals surface area contributed by atoms with Gasteiger partial charge in [-0.25, -0.2) is 0 Å². The molecule has 10 heteroatoms. The number of alkyl halides is 3. The summed E-state index contributed by atoms with van der Waals surface area (Å²) in [6.45, 7) is 1.29. The molecule has 3 aliphatic rings. The molecule has 0 saturated carbocycles. The third-order valence-electron chi connectivity index (χ3n) is 7.55. The van der Waals surface area contributed by atoms with E-state index in [9.17, 15) is 32.7 Å². The molecule has 196 valence electrons. The Kier molecular flexibility index (Phi) is 6.70. The van der Waals surface area contributed by atoms with Crippen molar-refractivity contribution < 1.29 is 32.7 Å². The molecule has 2 atom stereocenters. The summed E-state index contributed by atoms with van der Waals surface area (Å²) in [6, 6.07) is 9.43. The van der Waals surface area contributed by atoms with Crippen molar-refractivity contribution in [1.82, 2.24) is 9.80 Å². The van der Waals surface area contributed by atoms with Gasteiger partial charge in [0.1, 0.15) is 0 Å². The van der Waals surface area contributed by atoms with Gasteiger partial charge in [0.2, 0.25) is 5.91 Å². The number of nitrogens with zero attached hydrogens (tertiary/aromatic N) is 3. The maximum Gasteiger partial charge on any atom is 0.416 e. The smallest absolute Gasteiger partial charge is 0.394 e. The van der Waals surface area contributed by atoms with Gasteiger partial charge in [-0.2, -0.15) is 13.2 Å². The Balaban J connectivity index is 1.37. The molecule has 2 fully saturated rings. The Hall–Kier alpha value is -3.40. The van der Waals surface area contributed by atoms with Crippen LogP contribution in [0.4, 0.5) is 18.9 Å². The minimum atomic E-state index is -4.53. The summed E-state index contributed by atoms with van der Waals surface area (Å²) < 4.78 is 39.4. The van der Waals surface area contributed by atoms with Crippen LogP contribution in [0.25, 0.3) is 0 Å². The van der Waals surface area contributed by atoms with Crippen LogP contribution in [0.1, 0.15) is 57.5 Å². The van der Waals surface area contributed by atoms with E-state index in [1.807, 2.05) is 4.90 Å². The summed E-state index contributed by atoms with van der Waals surface area (Å²) in [7, 11) is 0. The minimum Gasteiger partial charge on any atom is -0.394 e. The summed E-state index contributed by atoms with van der Waals surface area (Å²) in [5, 5.41) is 9.62. The van der Waals surface area contributed by atoms with Crippen molar-refractivity contribution in [3.05, 3.63) is 64.7 Å². The number of benzene rings is 2. The number of carbonyl (C=O) groups is 3. The lowest BCUT2D eigenvalue weighted by Crippen LogP contribution is -2.47. The number of piperidine rings is 1. The first-order valence-electron chi connectivity index (χ1n) is 12.5. The first kappa shape index (κ1) is 25.3. The number of likely N-dealkylation sites (tertiary alicyclic amines) is 1. The van der Waals surface area contributed by atoms with Gasteiger partial charge in [-0.05, 0) is 55.5 Å². The van der Waals surface area contributed by atoms with Crippen LogP contribution in [0.2, 0.25) is 0 Å². The molecule has 0 aromatic heterocycles. The Morgan fingerprint density at radius 3 is 2.51 bits per heavy atom. The van der Waals surface area contributed by atoms with Gasteiger partial charge < -0.3 is 14.9 Å². The van der Waals surface area contributed by atoms with Gasteiger partial charge >= 0.3 is 6.18 Å². The number of hydrogen-bond donors (Lipinski definition) is 1. The summed E-state index contributed by atoms with van der Waals surface area (Å²) in [6.07, 6.45) is -1.46. The molecule has 5 rings (SSSR count). The highest BCUT2D eigenvalue weighted by molar-refractivity contribution is 6.23. The molecule has 0 unspecified atom stereocenters.